The van der Waals surface area contributed by atoms with Gasteiger partial charge < -0.3 is 5.32 Å². The van der Waals surface area contributed by atoms with Crippen LogP contribution in [0, 0.1) is 16.0 Å². The maximum Gasteiger partial charge on any atom is 0.276 e. The summed E-state index contributed by atoms with van der Waals surface area (Å²) in [5.74, 6) is 0.0890. The van der Waals surface area contributed by atoms with Gasteiger partial charge in [-0.1, -0.05) is 26.0 Å². The van der Waals surface area contributed by atoms with Crippen LogP contribution in [0.3, 0.4) is 0 Å². The highest BCUT2D eigenvalue weighted by molar-refractivity contribution is 7.80. The zero-order valence-electron chi connectivity index (χ0n) is 11.7. The zero-order chi connectivity index (χ0) is 15.6. The van der Waals surface area contributed by atoms with Crippen LogP contribution in [0.2, 0.25) is 0 Å². The van der Waals surface area contributed by atoms with Gasteiger partial charge in [-0.05, 0) is 29.8 Å². The van der Waals surface area contributed by atoms with Gasteiger partial charge in [0.1, 0.15) is 5.70 Å². The van der Waals surface area contributed by atoms with Crippen molar-refractivity contribution in [3.05, 3.63) is 45.6 Å². The minimum Gasteiger partial charge on any atom is -0.328 e. The van der Waals surface area contributed by atoms with Crippen LogP contribution in [0.4, 0.5) is 5.69 Å². The molecule has 0 bridgehead atoms. The van der Waals surface area contributed by atoms with Crippen molar-refractivity contribution in [1.82, 2.24) is 10.2 Å². The second kappa shape index (κ2) is 6.01. The van der Waals surface area contributed by atoms with E-state index >= 15 is 0 Å². The fourth-order valence-electron chi connectivity index (χ4n) is 2.00. The average molecular weight is 305 g/mol. The largest absolute Gasteiger partial charge is 0.328 e. The number of amides is 1. The molecule has 1 saturated heterocycles. The van der Waals surface area contributed by atoms with E-state index in [0.717, 1.165) is 0 Å². The maximum atomic E-state index is 12.2. The minimum absolute atomic E-state index is 0.0172. The van der Waals surface area contributed by atoms with Crippen LogP contribution in [0.5, 0.6) is 0 Å². The smallest absolute Gasteiger partial charge is 0.276 e. The van der Waals surface area contributed by atoms with E-state index in [1.807, 2.05) is 13.8 Å². The summed E-state index contributed by atoms with van der Waals surface area (Å²) in [6.45, 7) is 4.53. The van der Waals surface area contributed by atoms with Crippen LogP contribution < -0.4 is 5.32 Å². The van der Waals surface area contributed by atoms with Crippen LogP contribution in [0.25, 0.3) is 6.08 Å². The first kappa shape index (κ1) is 15.1. The molecular weight excluding hydrogens is 290 g/mol. The van der Waals surface area contributed by atoms with E-state index in [1.54, 1.807) is 18.2 Å². The van der Waals surface area contributed by atoms with Crippen LogP contribution in [-0.2, 0) is 4.79 Å². The standard InChI is InChI=1S/C14H15N3O3S/c1-9(2)8-16-13(18)12(15-14(16)21)7-10-4-3-5-11(6-10)17(19)20/h3-7,9H,8H2,1-2H3,(H,15,21)/b12-7+. The van der Waals surface area contributed by atoms with E-state index in [-0.39, 0.29) is 11.6 Å². The van der Waals surface area contributed by atoms with Crippen molar-refractivity contribution in [3.63, 3.8) is 0 Å². The highest BCUT2D eigenvalue weighted by Gasteiger charge is 2.30. The number of nitro groups is 1. The third kappa shape index (κ3) is 3.43. The molecule has 21 heavy (non-hydrogen) atoms. The summed E-state index contributed by atoms with van der Waals surface area (Å²) >= 11 is 5.14. The predicted octanol–water partition coefficient (Wildman–Crippen LogP) is 2.31. The molecule has 0 aliphatic carbocycles. The fraction of sp³-hybridized carbons (Fsp3) is 0.286. The second-order valence-corrected chi connectivity index (χ2v) is 5.54. The molecule has 1 aromatic carbocycles. The summed E-state index contributed by atoms with van der Waals surface area (Å²) in [5, 5.41) is 14.0. The Hall–Kier alpha value is -2.28. The first-order valence-electron chi connectivity index (χ1n) is 6.47. The summed E-state index contributed by atoms with van der Waals surface area (Å²) in [6, 6.07) is 6.09. The van der Waals surface area contributed by atoms with Crippen LogP contribution in [0.15, 0.2) is 30.0 Å². The van der Waals surface area contributed by atoms with Gasteiger partial charge in [0, 0.05) is 18.7 Å². The molecule has 1 N–H and O–H groups in total. The van der Waals surface area contributed by atoms with Gasteiger partial charge in [0.25, 0.3) is 11.6 Å². The molecule has 0 saturated carbocycles. The number of carbonyl (C=O) groups is 1. The Morgan fingerprint density at radius 2 is 2.19 bits per heavy atom. The van der Waals surface area contributed by atoms with E-state index in [4.69, 9.17) is 12.2 Å². The number of nitrogens with zero attached hydrogens (tertiary/aromatic N) is 2. The van der Waals surface area contributed by atoms with Crippen molar-refractivity contribution in [3.8, 4) is 0 Å². The molecule has 1 heterocycles. The lowest BCUT2D eigenvalue weighted by molar-refractivity contribution is -0.384. The molecule has 0 atom stereocenters. The molecule has 0 radical (unpaired) electrons. The van der Waals surface area contributed by atoms with Crippen LogP contribution in [-0.4, -0.2) is 27.4 Å². The van der Waals surface area contributed by atoms with Crippen molar-refractivity contribution in [1.29, 1.82) is 0 Å². The van der Waals surface area contributed by atoms with Crippen LogP contribution in [0.1, 0.15) is 19.4 Å². The Morgan fingerprint density at radius 1 is 1.48 bits per heavy atom. The molecule has 1 fully saturated rings. The Labute approximate surface area is 127 Å². The zero-order valence-corrected chi connectivity index (χ0v) is 12.5. The van der Waals surface area contributed by atoms with Gasteiger partial charge in [-0.15, -0.1) is 0 Å². The quantitative estimate of drug-likeness (QED) is 0.400. The fourth-order valence-corrected chi connectivity index (χ4v) is 2.26. The molecular formula is C14H15N3O3S. The molecule has 0 aromatic heterocycles. The molecule has 0 unspecified atom stereocenters. The first-order chi connectivity index (χ1) is 9.88. The minimum atomic E-state index is -0.471. The second-order valence-electron chi connectivity index (χ2n) is 5.15. The molecule has 0 spiro atoms. The molecule has 1 aliphatic rings. The lowest BCUT2D eigenvalue weighted by Gasteiger charge is -2.15. The van der Waals surface area contributed by atoms with Crippen molar-refractivity contribution < 1.29 is 9.72 Å². The van der Waals surface area contributed by atoms with E-state index < -0.39 is 4.92 Å². The molecule has 2 rings (SSSR count). The highest BCUT2D eigenvalue weighted by Crippen LogP contribution is 2.18. The normalized spacial score (nSPS) is 16.7. The van der Waals surface area contributed by atoms with Gasteiger partial charge in [-0.25, -0.2) is 0 Å². The van der Waals surface area contributed by atoms with Gasteiger partial charge in [-0.2, -0.15) is 0 Å². The Bertz CT molecular complexity index is 640. The number of nitro benzene ring substituents is 1. The summed E-state index contributed by atoms with van der Waals surface area (Å²) in [6.07, 6.45) is 1.57. The molecule has 1 aliphatic heterocycles. The average Bonchev–Trinajstić information content (AvgIpc) is 2.66. The number of non-ortho nitro benzene ring substituents is 1. The number of hydrogen-bond acceptors (Lipinski definition) is 4. The third-order valence-electron chi connectivity index (χ3n) is 2.90. The number of nitrogens with one attached hydrogen (secondary N) is 1. The summed E-state index contributed by atoms with van der Waals surface area (Å²) in [7, 11) is 0. The van der Waals surface area contributed by atoms with Crippen molar-refractivity contribution >= 4 is 35.0 Å². The number of carbonyl (C=O) groups excluding carboxylic acids is 1. The number of rotatable bonds is 4. The topological polar surface area (TPSA) is 75.5 Å². The monoisotopic (exact) mass is 305 g/mol. The van der Waals surface area contributed by atoms with E-state index in [2.05, 4.69) is 5.32 Å². The SMILES string of the molecule is CC(C)CN1C(=O)/C(=C\c2cccc([N+](=O)[O-])c2)NC1=S. The van der Waals surface area contributed by atoms with Gasteiger partial charge in [-0.3, -0.25) is 19.8 Å². The van der Waals surface area contributed by atoms with Gasteiger partial charge in [0.15, 0.2) is 5.11 Å². The molecule has 110 valence electrons. The van der Waals surface area contributed by atoms with Crippen LogP contribution >= 0.6 is 12.2 Å². The lowest BCUT2D eigenvalue weighted by Crippen LogP contribution is -2.33. The molecule has 1 aromatic rings. The van der Waals surface area contributed by atoms with E-state index in [0.29, 0.717) is 28.8 Å². The lowest BCUT2D eigenvalue weighted by atomic mass is 10.1. The first-order valence-corrected chi connectivity index (χ1v) is 6.88. The number of benzene rings is 1. The summed E-state index contributed by atoms with van der Waals surface area (Å²) in [4.78, 5) is 24.0. The van der Waals surface area contributed by atoms with E-state index in [9.17, 15) is 14.9 Å². The van der Waals surface area contributed by atoms with Gasteiger partial charge >= 0.3 is 0 Å². The Balaban J connectivity index is 2.26. The summed E-state index contributed by atoms with van der Waals surface area (Å²) in [5.41, 5.74) is 0.895. The number of hydrogen-bond donors (Lipinski definition) is 1. The van der Waals surface area contributed by atoms with Gasteiger partial charge in [0.05, 0.1) is 4.92 Å². The Morgan fingerprint density at radius 3 is 2.81 bits per heavy atom. The van der Waals surface area contributed by atoms with Gasteiger partial charge in [0.2, 0.25) is 0 Å². The third-order valence-corrected chi connectivity index (χ3v) is 3.22. The molecule has 1 amide bonds. The van der Waals surface area contributed by atoms with Crippen molar-refractivity contribution in [2.75, 3.05) is 6.54 Å². The van der Waals surface area contributed by atoms with E-state index in [1.165, 1.54) is 17.0 Å². The maximum absolute atomic E-state index is 12.2. The number of thiocarbonyl (C=S) groups is 1. The predicted molar refractivity (Wildman–Crippen MR) is 83.4 cm³/mol. The molecule has 7 heteroatoms. The Kier molecular flexibility index (Phi) is 4.32. The van der Waals surface area contributed by atoms with Crippen molar-refractivity contribution in [2.45, 2.75) is 13.8 Å². The van der Waals surface area contributed by atoms with Crippen molar-refractivity contribution in [2.24, 2.45) is 5.92 Å². The highest BCUT2D eigenvalue weighted by atomic mass is 32.1. The summed E-state index contributed by atoms with van der Waals surface area (Å²) < 4.78 is 0. The molecule has 6 nitrogen and oxygen atoms in total.